The number of ether oxygens (including phenoxy) is 2. The molecular weight excluding hydrogens is 206 g/mol. The molecule has 0 aliphatic carbocycles. The first-order chi connectivity index (χ1) is 7.56. The van der Waals surface area contributed by atoms with Gasteiger partial charge in [-0.1, -0.05) is 0 Å². The minimum absolute atomic E-state index is 0.253. The first kappa shape index (κ1) is 11.2. The summed E-state index contributed by atoms with van der Waals surface area (Å²) in [5.41, 5.74) is 3.85. The highest BCUT2D eigenvalue weighted by atomic mass is 16.6. The van der Waals surface area contributed by atoms with Gasteiger partial charge in [-0.15, -0.1) is 0 Å². The summed E-state index contributed by atoms with van der Waals surface area (Å²) in [4.78, 5) is 11.7. The summed E-state index contributed by atoms with van der Waals surface area (Å²) in [5.74, 6) is -0.253. The monoisotopic (exact) mass is 223 g/mol. The van der Waals surface area contributed by atoms with Gasteiger partial charge >= 0.3 is 5.97 Å². The smallest absolute Gasteiger partial charge is 0.339 e. The summed E-state index contributed by atoms with van der Waals surface area (Å²) >= 11 is 0. The van der Waals surface area contributed by atoms with Gasteiger partial charge in [0, 0.05) is 24.9 Å². The molecule has 0 spiro atoms. The molecule has 16 heavy (non-hydrogen) atoms. The van der Waals surface area contributed by atoms with Gasteiger partial charge in [-0.25, -0.2) is 4.79 Å². The van der Waals surface area contributed by atoms with E-state index in [4.69, 9.17) is 9.47 Å². The van der Waals surface area contributed by atoms with E-state index in [0.29, 0.717) is 5.56 Å². The average molecular weight is 223 g/mol. The lowest BCUT2D eigenvalue weighted by Gasteiger charge is -2.02. The number of rotatable bonds is 3. The van der Waals surface area contributed by atoms with E-state index in [-0.39, 0.29) is 12.1 Å². The van der Waals surface area contributed by atoms with E-state index in [2.05, 4.69) is 0 Å². The number of methoxy groups -OCH3 is 1. The summed E-state index contributed by atoms with van der Waals surface area (Å²) < 4.78 is 12.1. The molecule has 1 fully saturated rings. The van der Waals surface area contributed by atoms with Crippen molar-refractivity contribution in [2.45, 2.75) is 26.4 Å². The highest BCUT2D eigenvalue weighted by Crippen LogP contribution is 2.26. The quantitative estimate of drug-likeness (QED) is 0.574. The second-order valence-electron chi connectivity index (χ2n) is 4.23. The van der Waals surface area contributed by atoms with Gasteiger partial charge in [0.25, 0.3) is 0 Å². The first-order valence-corrected chi connectivity index (χ1v) is 5.41. The lowest BCUT2D eigenvalue weighted by Crippen LogP contribution is -2.07. The first-order valence-electron chi connectivity index (χ1n) is 5.41. The second kappa shape index (κ2) is 3.94. The Morgan fingerprint density at radius 3 is 2.62 bits per heavy atom. The molecule has 0 saturated carbocycles. The fraction of sp³-hybridized carbons (Fsp3) is 0.583. The highest BCUT2D eigenvalue weighted by molar-refractivity contribution is 5.93. The molecule has 0 aromatic carbocycles. The minimum atomic E-state index is -0.253. The van der Waals surface area contributed by atoms with Gasteiger partial charge in [-0.3, -0.25) is 0 Å². The molecule has 4 nitrogen and oxygen atoms in total. The van der Waals surface area contributed by atoms with Crippen molar-refractivity contribution < 1.29 is 14.3 Å². The third-order valence-corrected chi connectivity index (χ3v) is 3.33. The van der Waals surface area contributed by atoms with Crippen molar-refractivity contribution >= 4 is 5.97 Å². The van der Waals surface area contributed by atoms with E-state index < -0.39 is 0 Å². The van der Waals surface area contributed by atoms with Crippen LogP contribution in [0.25, 0.3) is 0 Å². The molecule has 0 radical (unpaired) electrons. The predicted molar refractivity (Wildman–Crippen MR) is 59.7 cm³/mol. The molecule has 1 aliphatic rings. The van der Waals surface area contributed by atoms with Gasteiger partial charge in [-0.05, 0) is 19.4 Å². The number of nitrogens with zero attached hydrogens (tertiary/aromatic N) is 1. The van der Waals surface area contributed by atoms with Crippen LogP contribution >= 0.6 is 0 Å². The Labute approximate surface area is 95.2 Å². The molecule has 2 rings (SSSR count). The van der Waals surface area contributed by atoms with E-state index in [1.54, 1.807) is 0 Å². The normalized spacial score (nSPS) is 18.6. The Bertz CT molecular complexity index is 430. The molecule has 1 aliphatic heterocycles. The van der Waals surface area contributed by atoms with Gasteiger partial charge < -0.3 is 14.0 Å². The Hall–Kier alpha value is -1.29. The van der Waals surface area contributed by atoms with Crippen LogP contribution < -0.4 is 0 Å². The summed E-state index contributed by atoms with van der Waals surface area (Å²) in [7, 11) is 3.38. The molecular formula is C12H17NO3. The van der Waals surface area contributed by atoms with Crippen LogP contribution in [0.1, 0.15) is 27.3 Å². The maximum atomic E-state index is 11.7. The standard InChI is InChI=1S/C12H17NO3/c1-7-10(5-9-6-16-9)11(12(14)15-4)8(2)13(7)3/h9H,5-6H2,1-4H3. The third-order valence-electron chi connectivity index (χ3n) is 3.33. The van der Waals surface area contributed by atoms with Crippen LogP contribution in [0.5, 0.6) is 0 Å². The molecule has 88 valence electrons. The Morgan fingerprint density at radius 1 is 1.50 bits per heavy atom. The Morgan fingerprint density at radius 2 is 2.12 bits per heavy atom. The van der Waals surface area contributed by atoms with Crippen molar-refractivity contribution in [1.82, 2.24) is 4.57 Å². The number of carbonyl (C=O) groups is 1. The van der Waals surface area contributed by atoms with Gasteiger partial charge in [0.05, 0.1) is 25.4 Å². The number of hydrogen-bond donors (Lipinski definition) is 0. The van der Waals surface area contributed by atoms with Crippen LogP contribution in [0.3, 0.4) is 0 Å². The maximum Gasteiger partial charge on any atom is 0.339 e. The lowest BCUT2D eigenvalue weighted by molar-refractivity contribution is 0.0598. The van der Waals surface area contributed by atoms with E-state index in [1.165, 1.54) is 7.11 Å². The van der Waals surface area contributed by atoms with E-state index in [9.17, 15) is 4.79 Å². The Balaban J connectivity index is 2.45. The number of epoxide rings is 1. The molecule has 2 heterocycles. The average Bonchev–Trinajstić information content (AvgIpc) is 3.05. The van der Waals surface area contributed by atoms with E-state index in [0.717, 1.165) is 30.0 Å². The maximum absolute atomic E-state index is 11.7. The molecule has 1 aromatic rings. The van der Waals surface area contributed by atoms with Crippen molar-refractivity contribution in [2.24, 2.45) is 7.05 Å². The van der Waals surface area contributed by atoms with Gasteiger partial charge in [0.1, 0.15) is 0 Å². The fourth-order valence-corrected chi connectivity index (χ4v) is 2.06. The van der Waals surface area contributed by atoms with Crippen LogP contribution in [0.15, 0.2) is 0 Å². The predicted octanol–water partition coefficient (Wildman–Crippen LogP) is 1.37. The molecule has 1 saturated heterocycles. The summed E-state index contributed by atoms with van der Waals surface area (Å²) in [5, 5.41) is 0. The SMILES string of the molecule is COC(=O)c1c(CC2CO2)c(C)n(C)c1C. The number of aromatic nitrogens is 1. The molecule has 4 heteroatoms. The summed E-state index contributed by atoms with van der Waals surface area (Å²) in [6, 6.07) is 0. The van der Waals surface area contributed by atoms with E-state index in [1.807, 2.05) is 25.5 Å². The zero-order valence-electron chi connectivity index (χ0n) is 10.2. The summed E-state index contributed by atoms with van der Waals surface area (Å²) in [6.45, 7) is 4.77. The zero-order chi connectivity index (χ0) is 11.9. The van der Waals surface area contributed by atoms with Crippen molar-refractivity contribution in [3.05, 3.63) is 22.5 Å². The third kappa shape index (κ3) is 1.73. The second-order valence-corrected chi connectivity index (χ2v) is 4.23. The molecule has 1 aromatic heterocycles. The number of carbonyl (C=O) groups excluding carboxylic acids is 1. The Kier molecular flexibility index (Phi) is 2.76. The van der Waals surface area contributed by atoms with Gasteiger partial charge in [-0.2, -0.15) is 0 Å². The van der Waals surface area contributed by atoms with Gasteiger partial charge in [0.2, 0.25) is 0 Å². The van der Waals surface area contributed by atoms with Crippen molar-refractivity contribution in [3.8, 4) is 0 Å². The molecule has 0 amide bonds. The largest absolute Gasteiger partial charge is 0.465 e. The molecule has 0 bridgehead atoms. The van der Waals surface area contributed by atoms with Crippen molar-refractivity contribution in [3.63, 3.8) is 0 Å². The molecule has 1 unspecified atom stereocenters. The molecule has 0 N–H and O–H groups in total. The topological polar surface area (TPSA) is 43.8 Å². The van der Waals surface area contributed by atoms with E-state index >= 15 is 0 Å². The van der Waals surface area contributed by atoms with Crippen molar-refractivity contribution in [2.75, 3.05) is 13.7 Å². The van der Waals surface area contributed by atoms with Crippen LogP contribution in [-0.4, -0.2) is 30.4 Å². The lowest BCUT2D eigenvalue weighted by atomic mass is 10.0. The van der Waals surface area contributed by atoms with Crippen molar-refractivity contribution in [1.29, 1.82) is 0 Å². The number of hydrogen-bond acceptors (Lipinski definition) is 3. The zero-order valence-corrected chi connectivity index (χ0v) is 10.2. The van der Waals surface area contributed by atoms with Crippen LogP contribution in [0.4, 0.5) is 0 Å². The van der Waals surface area contributed by atoms with Crippen LogP contribution in [-0.2, 0) is 22.9 Å². The highest BCUT2D eigenvalue weighted by Gasteiger charge is 2.29. The number of esters is 1. The molecule has 1 atom stereocenters. The van der Waals surface area contributed by atoms with Crippen LogP contribution in [0, 0.1) is 13.8 Å². The summed E-state index contributed by atoms with van der Waals surface area (Å²) in [6.07, 6.45) is 1.08. The van der Waals surface area contributed by atoms with Gasteiger partial charge in [0.15, 0.2) is 0 Å². The van der Waals surface area contributed by atoms with Crippen LogP contribution in [0.2, 0.25) is 0 Å². The fourth-order valence-electron chi connectivity index (χ4n) is 2.06. The minimum Gasteiger partial charge on any atom is -0.465 e.